The number of benzene rings is 4. The number of para-hydroxylation sites is 1. The highest BCUT2D eigenvalue weighted by molar-refractivity contribution is 5.85. The highest BCUT2D eigenvalue weighted by atomic mass is 16.5. The van der Waals surface area contributed by atoms with Crippen LogP contribution in [-0.4, -0.2) is 25.8 Å². The van der Waals surface area contributed by atoms with E-state index in [1.807, 2.05) is 78.9 Å². The molecule has 0 aromatic heterocycles. The molecule has 0 bridgehead atoms. The Bertz CT molecular complexity index is 1310. The molecule has 7 nitrogen and oxygen atoms in total. The molecule has 0 aliphatic rings. The fraction of sp³-hybridized carbons (Fsp3) is 0.133. The Morgan fingerprint density at radius 3 is 2.19 bits per heavy atom. The fourth-order valence-corrected chi connectivity index (χ4v) is 3.37. The quantitative estimate of drug-likeness (QED) is 0.210. The average Bonchev–Trinajstić information content (AvgIpc) is 2.95. The van der Waals surface area contributed by atoms with Crippen LogP contribution in [0, 0.1) is 0 Å². The Balaban J connectivity index is 1.22. The van der Waals surface area contributed by atoms with Gasteiger partial charge in [0.25, 0.3) is 5.91 Å². The minimum Gasteiger partial charge on any atom is -0.497 e. The number of hydrogen-bond acceptors (Lipinski definition) is 6. The summed E-state index contributed by atoms with van der Waals surface area (Å²) in [5.74, 6) is 2.32. The second kappa shape index (κ2) is 13.3. The molecule has 0 radical (unpaired) electrons. The average molecular weight is 497 g/mol. The van der Waals surface area contributed by atoms with Gasteiger partial charge in [-0.3, -0.25) is 4.79 Å². The largest absolute Gasteiger partial charge is 0.497 e. The molecule has 4 aromatic rings. The summed E-state index contributed by atoms with van der Waals surface area (Å²) >= 11 is 0. The highest BCUT2D eigenvalue weighted by Gasteiger charge is 2.05. The summed E-state index contributed by atoms with van der Waals surface area (Å²) in [5, 5.41) is 4.04. The third kappa shape index (κ3) is 8.14. The number of hydrogen-bond donors (Lipinski definition) is 1. The molecule has 0 unspecified atom stereocenters. The maximum atomic E-state index is 12.2. The molecule has 7 heteroatoms. The first-order valence-electron chi connectivity index (χ1n) is 11.8. The lowest BCUT2D eigenvalue weighted by molar-refractivity contribution is -0.123. The number of carbonyl (C=O) groups is 1. The van der Waals surface area contributed by atoms with Crippen molar-refractivity contribution in [3.05, 3.63) is 120 Å². The smallest absolute Gasteiger partial charge is 0.277 e. The van der Waals surface area contributed by atoms with E-state index in [1.165, 1.54) is 6.21 Å². The van der Waals surface area contributed by atoms with Crippen LogP contribution >= 0.6 is 0 Å². The molecule has 1 amide bonds. The summed E-state index contributed by atoms with van der Waals surface area (Å²) < 4.78 is 22.5. The Hall–Kier alpha value is -4.78. The topological polar surface area (TPSA) is 78.4 Å². The summed E-state index contributed by atoms with van der Waals surface area (Å²) in [6, 6.07) is 32.2. The van der Waals surface area contributed by atoms with E-state index < -0.39 is 0 Å². The normalized spacial score (nSPS) is 10.6. The predicted octanol–water partition coefficient (Wildman–Crippen LogP) is 5.38. The van der Waals surface area contributed by atoms with Crippen LogP contribution in [0.2, 0.25) is 0 Å². The molecule has 0 fully saturated rings. The number of rotatable bonds is 12. The van der Waals surface area contributed by atoms with Crippen LogP contribution in [-0.2, 0) is 18.0 Å². The van der Waals surface area contributed by atoms with Gasteiger partial charge < -0.3 is 18.9 Å². The number of hydrazone groups is 1. The summed E-state index contributed by atoms with van der Waals surface area (Å²) in [5.41, 5.74) is 5.28. The van der Waals surface area contributed by atoms with Crippen molar-refractivity contribution in [2.75, 3.05) is 13.7 Å². The van der Waals surface area contributed by atoms with E-state index in [9.17, 15) is 4.79 Å². The van der Waals surface area contributed by atoms with E-state index in [2.05, 4.69) is 10.5 Å². The zero-order valence-electron chi connectivity index (χ0n) is 20.5. The molecule has 37 heavy (non-hydrogen) atoms. The Labute approximate surface area is 216 Å². The van der Waals surface area contributed by atoms with Gasteiger partial charge in [0, 0.05) is 5.56 Å². The van der Waals surface area contributed by atoms with Crippen LogP contribution in [0.15, 0.2) is 108 Å². The maximum Gasteiger partial charge on any atom is 0.277 e. The molecule has 4 rings (SSSR count). The van der Waals surface area contributed by atoms with Crippen LogP contribution < -0.4 is 24.4 Å². The molecule has 188 valence electrons. The zero-order valence-corrected chi connectivity index (χ0v) is 20.5. The summed E-state index contributed by atoms with van der Waals surface area (Å²) in [7, 11) is 1.63. The molecule has 0 aliphatic heterocycles. The molecular weight excluding hydrogens is 468 g/mol. The van der Waals surface area contributed by atoms with Gasteiger partial charge >= 0.3 is 0 Å². The Morgan fingerprint density at radius 2 is 1.41 bits per heavy atom. The van der Waals surface area contributed by atoms with Gasteiger partial charge in [0.15, 0.2) is 6.61 Å². The predicted molar refractivity (Wildman–Crippen MR) is 142 cm³/mol. The standard InChI is InChI=1S/C30H28N2O5/c1-34-28-12-7-10-24(18-28)21-37-29-13-6-5-11-25(29)19-31-32-30(33)22-36-27-16-14-26(15-17-27)35-20-23-8-3-2-4-9-23/h2-19H,20-22H2,1H3,(H,32,33). The van der Waals surface area contributed by atoms with Gasteiger partial charge in [-0.1, -0.05) is 54.6 Å². The second-order valence-corrected chi connectivity index (χ2v) is 8.01. The van der Waals surface area contributed by atoms with E-state index in [4.69, 9.17) is 18.9 Å². The van der Waals surface area contributed by atoms with Crippen molar-refractivity contribution < 1.29 is 23.7 Å². The number of methoxy groups -OCH3 is 1. The Morgan fingerprint density at radius 1 is 0.730 bits per heavy atom. The SMILES string of the molecule is COc1cccc(COc2ccccc2C=NNC(=O)COc2ccc(OCc3ccccc3)cc2)c1. The van der Waals surface area contributed by atoms with Crippen molar-refractivity contribution >= 4 is 12.1 Å². The van der Waals surface area contributed by atoms with Gasteiger partial charge in [0.1, 0.15) is 36.2 Å². The first-order valence-corrected chi connectivity index (χ1v) is 11.8. The molecule has 0 saturated carbocycles. The number of amides is 1. The zero-order chi connectivity index (χ0) is 25.7. The van der Waals surface area contributed by atoms with Gasteiger partial charge in [-0.25, -0.2) is 5.43 Å². The van der Waals surface area contributed by atoms with Crippen molar-refractivity contribution in [1.29, 1.82) is 0 Å². The van der Waals surface area contributed by atoms with Gasteiger partial charge in [-0.2, -0.15) is 5.10 Å². The van der Waals surface area contributed by atoms with Crippen molar-refractivity contribution in [1.82, 2.24) is 5.43 Å². The van der Waals surface area contributed by atoms with Gasteiger partial charge in [-0.15, -0.1) is 0 Å². The lowest BCUT2D eigenvalue weighted by Gasteiger charge is -2.10. The molecule has 1 N–H and O–H groups in total. The van der Waals surface area contributed by atoms with Crippen LogP contribution in [0.25, 0.3) is 0 Å². The lowest BCUT2D eigenvalue weighted by atomic mass is 10.2. The van der Waals surface area contributed by atoms with E-state index in [0.717, 1.165) is 28.2 Å². The number of nitrogens with zero attached hydrogens (tertiary/aromatic N) is 1. The molecule has 0 saturated heterocycles. The first kappa shape index (κ1) is 25.3. The molecule has 0 aliphatic carbocycles. The van der Waals surface area contributed by atoms with Crippen molar-refractivity contribution in [3.8, 4) is 23.0 Å². The third-order valence-electron chi connectivity index (χ3n) is 5.28. The van der Waals surface area contributed by atoms with E-state index >= 15 is 0 Å². The van der Waals surface area contributed by atoms with Crippen LogP contribution in [0.3, 0.4) is 0 Å². The maximum absolute atomic E-state index is 12.2. The number of ether oxygens (including phenoxy) is 4. The monoisotopic (exact) mass is 496 g/mol. The van der Waals surface area contributed by atoms with E-state index in [0.29, 0.717) is 24.7 Å². The minimum atomic E-state index is -0.379. The van der Waals surface area contributed by atoms with Gasteiger partial charge in [-0.05, 0) is 59.7 Å². The van der Waals surface area contributed by atoms with E-state index in [1.54, 1.807) is 31.4 Å². The minimum absolute atomic E-state index is 0.171. The fourth-order valence-electron chi connectivity index (χ4n) is 3.37. The summed E-state index contributed by atoms with van der Waals surface area (Å²) in [6.45, 7) is 0.685. The number of nitrogens with one attached hydrogen (secondary N) is 1. The first-order chi connectivity index (χ1) is 18.2. The molecular formula is C30H28N2O5. The van der Waals surface area contributed by atoms with Gasteiger partial charge in [0.05, 0.1) is 13.3 Å². The molecule has 0 atom stereocenters. The highest BCUT2D eigenvalue weighted by Crippen LogP contribution is 2.20. The molecule has 0 heterocycles. The molecule has 4 aromatic carbocycles. The van der Waals surface area contributed by atoms with Crippen LogP contribution in [0.4, 0.5) is 0 Å². The number of carbonyl (C=O) groups excluding carboxylic acids is 1. The summed E-state index contributed by atoms with van der Waals surface area (Å²) in [6.07, 6.45) is 1.54. The molecule has 0 spiro atoms. The van der Waals surface area contributed by atoms with Crippen LogP contribution in [0.5, 0.6) is 23.0 Å². The summed E-state index contributed by atoms with van der Waals surface area (Å²) in [4.78, 5) is 12.2. The second-order valence-electron chi connectivity index (χ2n) is 8.01. The van der Waals surface area contributed by atoms with Crippen LogP contribution in [0.1, 0.15) is 16.7 Å². The van der Waals surface area contributed by atoms with Crippen molar-refractivity contribution in [3.63, 3.8) is 0 Å². The van der Waals surface area contributed by atoms with E-state index in [-0.39, 0.29) is 12.5 Å². The van der Waals surface area contributed by atoms with Gasteiger partial charge in [0.2, 0.25) is 0 Å². The lowest BCUT2D eigenvalue weighted by Crippen LogP contribution is -2.24. The van der Waals surface area contributed by atoms with Crippen molar-refractivity contribution in [2.24, 2.45) is 5.10 Å². The van der Waals surface area contributed by atoms with Crippen molar-refractivity contribution in [2.45, 2.75) is 13.2 Å². The third-order valence-corrected chi connectivity index (χ3v) is 5.28. The Kier molecular flexibility index (Phi) is 9.13.